The van der Waals surface area contributed by atoms with Gasteiger partial charge in [-0.2, -0.15) is 5.26 Å². The molecular weight excluding hydrogens is 336 g/mol. The summed E-state index contributed by atoms with van der Waals surface area (Å²) in [7, 11) is 0. The van der Waals surface area contributed by atoms with Crippen LogP contribution in [0.15, 0.2) is 66.2 Å². The lowest BCUT2D eigenvalue weighted by molar-refractivity contribution is -0.384. The molecular formula is C18H12N4O2S. The number of nitriles is 1. The van der Waals surface area contributed by atoms with Crippen LogP contribution in [0.1, 0.15) is 5.01 Å². The van der Waals surface area contributed by atoms with Gasteiger partial charge in [0.05, 0.1) is 10.6 Å². The van der Waals surface area contributed by atoms with Crippen molar-refractivity contribution in [3.05, 3.63) is 81.3 Å². The number of benzene rings is 2. The third-order valence-electron chi connectivity index (χ3n) is 3.36. The largest absolute Gasteiger partial charge is 0.360 e. The van der Waals surface area contributed by atoms with E-state index in [4.69, 9.17) is 0 Å². The Hall–Kier alpha value is -3.50. The van der Waals surface area contributed by atoms with Crippen molar-refractivity contribution in [1.29, 1.82) is 5.26 Å². The van der Waals surface area contributed by atoms with E-state index in [9.17, 15) is 15.4 Å². The number of hydrogen-bond donors (Lipinski definition) is 1. The number of nitro benzene ring substituents is 1. The Bertz CT molecular complexity index is 974. The van der Waals surface area contributed by atoms with Crippen LogP contribution in [0, 0.1) is 21.4 Å². The van der Waals surface area contributed by atoms with Gasteiger partial charge in [0.15, 0.2) is 0 Å². The maximum Gasteiger partial charge on any atom is 0.271 e. The molecule has 1 heterocycles. The molecule has 0 aliphatic heterocycles. The first-order valence-electron chi connectivity index (χ1n) is 7.30. The van der Waals surface area contributed by atoms with E-state index in [1.807, 2.05) is 35.7 Å². The molecule has 0 aliphatic carbocycles. The van der Waals surface area contributed by atoms with Crippen LogP contribution in [-0.2, 0) is 0 Å². The van der Waals surface area contributed by atoms with Crippen LogP contribution in [0.5, 0.6) is 0 Å². The fourth-order valence-corrected chi connectivity index (χ4v) is 2.94. The number of hydrogen-bond acceptors (Lipinski definition) is 6. The zero-order valence-corrected chi connectivity index (χ0v) is 13.7. The number of nitrogens with zero attached hydrogens (tertiary/aromatic N) is 3. The van der Waals surface area contributed by atoms with Gasteiger partial charge in [0, 0.05) is 35.0 Å². The summed E-state index contributed by atoms with van der Waals surface area (Å²) in [4.78, 5) is 14.8. The minimum Gasteiger partial charge on any atom is -0.360 e. The third-order valence-corrected chi connectivity index (χ3v) is 4.24. The van der Waals surface area contributed by atoms with E-state index in [1.165, 1.54) is 29.7 Å². The van der Waals surface area contributed by atoms with Crippen molar-refractivity contribution in [3.8, 4) is 17.3 Å². The molecule has 0 unspecified atom stereocenters. The predicted molar refractivity (Wildman–Crippen MR) is 97.9 cm³/mol. The van der Waals surface area contributed by atoms with Gasteiger partial charge in [-0.05, 0) is 6.07 Å². The van der Waals surface area contributed by atoms with E-state index < -0.39 is 4.92 Å². The highest BCUT2D eigenvalue weighted by molar-refractivity contribution is 7.11. The first-order valence-corrected chi connectivity index (χ1v) is 8.18. The lowest BCUT2D eigenvalue weighted by Crippen LogP contribution is -1.93. The molecule has 3 aromatic rings. The van der Waals surface area contributed by atoms with E-state index >= 15 is 0 Å². The Kier molecular flexibility index (Phi) is 4.83. The van der Waals surface area contributed by atoms with Crippen molar-refractivity contribution in [2.24, 2.45) is 0 Å². The van der Waals surface area contributed by atoms with Crippen LogP contribution < -0.4 is 5.32 Å². The number of nitro groups is 1. The molecule has 0 saturated heterocycles. The second kappa shape index (κ2) is 7.38. The van der Waals surface area contributed by atoms with Crippen LogP contribution in [0.2, 0.25) is 0 Å². The summed E-state index contributed by atoms with van der Waals surface area (Å²) in [6.45, 7) is 0. The number of allylic oxidation sites excluding steroid dienone is 1. The third kappa shape index (κ3) is 3.88. The van der Waals surface area contributed by atoms with Crippen LogP contribution in [0.25, 0.3) is 16.8 Å². The van der Waals surface area contributed by atoms with E-state index in [2.05, 4.69) is 16.4 Å². The Morgan fingerprint density at radius 1 is 1.24 bits per heavy atom. The van der Waals surface area contributed by atoms with E-state index in [0.29, 0.717) is 16.3 Å². The van der Waals surface area contributed by atoms with Crippen molar-refractivity contribution in [2.45, 2.75) is 0 Å². The molecule has 0 radical (unpaired) electrons. The molecule has 1 N–H and O–H groups in total. The fourth-order valence-electron chi connectivity index (χ4n) is 2.15. The maximum atomic E-state index is 10.8. The SMILES string of the molecule is N#CC(=CNc1cccc([N+](=O)[O-])c1)c1nc(-c2ccccc2)cs1. The quantitative estimate of drug-likeness (QED) is 0.410. The molecule has 0 atom stereocenters. The summed E-state index contributed by atoms with van der Waals surface area (Å²) in [6, 6.07) is 17.9. The summed E-state index contributed by atoms with van der Waals surface area (Å²) in [5.41, 5.74) is 2.66. The Labute approximate surface area is 147 Å². The summed E-state index contributed by atoms with van der Waals surface area (Å²) in [5.74, 6) is 0. The Morgan fingerprint density at radius 2 is 2.04 bits per heavy atom. The molecule has 7 heteroatoms. The average Bonchev–Trinajstić information content (AvgIpc) is 3.13. The van der Waals surface area contributed by atoms with Crippen LogP contribution >= 0.6 is 11.3 Å². The number of nitrogens with one attached hydrogen (secondary N) is 1. The summed E-state index contributed by atoms with van der Waals surface area (Å²) in [6.07, 6.45) is 1.51. The molecule has 0 fully saturated rings. The van der Waals surface area contributed by atoms with Crippen LogP contribution in [0.4, 0.5) is 11.4 Å². The lowest BCUT2D eigenvalue weighted by Gasteiger charge is -2.01. The molecule has 1 aromatic heterocycles. The van der Waals surface area contributed by atoms with Gasteiger partial charge in [-0.3, -0.25) is 10.1 Å². The van der Waals surface area contributed by atoms with Gasteiger partial charge in [0.2, 0.25) is 0 Å². The van der Waals surface area contributed by atoms with Crippen LogP contribution in [-0.4, -0.2) is 9.91 Å². The monoisotopic (exact) mass is 348 g/mol. The maximum absolute atomic E-state index is 10.8. The van der Waals surface area contributed by atoms with Gasteiger partial charge < -0.3 is 5.32 Å². The van der Waals surface area contributed by atoms with Gasteiger partial charge in [0.1, 0.15) is 16.6 Å². The van der Waals surface area contributed by atoms with Crippen LogP contribution in [0.3, 0.4) is 0 Å². The smallest absolute Gasteiger partial charge is 0.271 e. The lowest BCUT2D eigenvalue weighted by atomic mass is 10.2. The molecule has 0 bridgehead atoms. The standard InChI is InChI=1S/C18H12N4O2S/c19-10-14(11-20-15-7-4-8-16(9-15)22(23)24)18-21-17(12-25-18)13-5-2-1-3-6-13/h1-9,11-12,20H. The van der Waals surface area contributed by atoms with Gasteiger partial charge in [0.25, 0.3) is 5.69 Å². The highest BCUT2D eigenvalue weighted by Gasteiger charge is 2.09. The van der Waals surface area contributed by atoms with E-state index in [1.54, 1.807) is 12.1 Å². The highest BCUT2D eigenvalue weighted by Crippen LogP contribution is 2.26. The second-order valence-electron chi connectivity index (χ2n) is 5.03. The Morgan fingerprint density at radius 3 is 2.76 bits per heavy atom. The van der Waals surface area contributed by atoms with Gasteiger partial charge >= 0.3 is 0 Å². The molecule has 25 heavy (non-hydrogen) atoms. The van der Waals surface area contributed by atoms with Gasteiger partial charge in [-0.1, -0.05) is 36.4 Å². The minimum atomic E-state index is -0.465. The summed E-state index contributed by atoms with van der Waals surface area (Å²) >= 11 is 1.37. The number of thiazole rings is 1. The zero-order valence-electron chi connectivity index (χ0n) is 12.9. The molecule has 0 spiro atoms. The number of aromatic nitrogens is 1. The summed E-state index contributed by atoms with van der Waals surface area (Å²) in [5, 5.41) is 25.6. The fraction of sp³-hybridized carbons (Fsp3) is 0. The normalized spacial score (nSPS) is 10.9. The highest BCUT2D eigenvalue weighted by atomic mass is 32.1. The number of anilines is 1. The van der Waals surface area contributed by atoms with E-state index in [0.717, 1.165) is 11.3 Å². The molecule has 2 aromatic carbocycles. The summed E-state index contributed by atoms with van der Waals surface area (Å²) < 4.78 is 0. The first kappa shape index (κ1) is 16.4. The van der Waals surface area contributed by atoms with Gasteiger partial charge in [-0.25, -0.2) is 4.98 Å². The van der Waals surface area contributed by atoms with Crippen molar-refractivity contribution < 1.29 is 4.92 Å². The second-order valence-corrected chi connectivity index (χ2v) is 5.88. The molecule has 6 nitrogen and oxygen atoms in total. The molecule has 0 saturated carbocycles. The van der Waals surface area contributed by atoms with Gasteiger partial charge in [-0.15, -0.1) is 11.3 Å². The number of rotatable bonds is 5. The Balaban J connectivity index is 1.82. The minimum absolute atomic E-state index is 0.0162. The van der Waals surface area contributed by atoms with E-state index in [-0.39, 0.29) is 5.69 Å². The van der Waals surface area contributed by atoms with Crippen molar-refractivity contribution in [3.63, 3.8) is 0 Å². The molecule has 0 amide bonds. The van der Waals surface area contributed by atoms with Crippen molar-refractivity contribution in [1.82, 2.24) is 4.98 Å². The zero-order chi connectivity index (χ0) is 17.6. The van der Waals surface area contributed by atoms with Crippen molar-refractivity contribution in [2.75, 3.05) is 5.32 Å². The van der Waals surface area contributed by atoms with Crippen molar-refractivity contribution >= 4 is 28.3 Å². The molecule has 122 valence electrons. The molecule has 0 aliphatic rings. The number of non-ortho nitro benzene ring substituents is 1. The average molecular weight is 348 g/mol. The topological polar surface area (TPSA) is 91.8 Å². The molecule has 3 rings (SSSR count). The first-order chi connectivity index (χ1) is 12.2. The predicted octanol–water partition coefficient (Wildman–Crippen LogP) is 4.69.